The lowest BCUT2D eigenvalue weighted by atomic mass is 9.74. The van der Waals surface area contributed by atoms with E-state index in [1.165, 1.54) is 55.8 Å². The monoisotopic (exact) mass is 266 g/mol. The molecular formula is C14H22N2OS. The van der Waals surface area contributed by atoms with Gasteiger partial charge in [0.25, 0.3) is 0 Å². The zero-order valence-electron chi connectivity index (χ0n) is 11.2. The van der Waals surface area contributed by atoms with E-state index in [1.807, 2.05) is 13.1 Å². The molecule has 0 aliphatic carbocycles. The summed E-state index contributed by atoms with van der Waals surface area (Å²) in [6.07, 6.45) is 7.53. The molecule has 0 aromatic carbocycles. The van der Waals surface area contributed by atoms with Crippen LogP contribution in [0.1, 0.15) is 37.0 Å². The van der Waals surface area contributed by atoms with Crippen molar-refractivity contribution >= 4 is 11.8 Å². The number of nitrogens with zero attached hydrogens (tertiary/aromatic N) is 2. The van der Waals surface area contributed by atoms with E-state index < -0.39 is 0 Å². The molecule has 3 rings (SSSR count). The molecule has 0 saturated carbocycles. The second-order valence-electron chi connectivity index (χ2n) is 5.80. The van der Waals surface area contributed by atoms with E-state index in [2.05, 4.69) is 21.8 Å². The predicted octanol–water partition coefficient (Wildman–Crippen LogP) is 3.09. The Kier molecular flexibility index (Phi) is 3.66. The normalized spacial score (nSPS) is 24.5. The Morgan fingerprint density at radius 1 is 1.28 bits per heavy atom. The third kappa shape index (κ3) is 2.59. The first-order chi connectivity index (χ1) is 8.77. The molecule has 2 aliphatic heterocycles. The summed E-state index contributed by atoms with van der Waals surface area (Å²) in [7, 11) is 0. The van der Waals surface area contributed by atoms with Crippen molar-refractivity contribution in [2.24, 2.45) is 5.41 Å². The quantitative estimate of drug-likeness (QED) is 0.822. The van der Waals surface area contributed by atoms with Crippen LogP contribution in [0.25, 0.3) is 0 Å². The van der Waals surface area contributed by atoms with E-state index in [1.54, 1.807) is 0 Å². The average molecular weight is 266 g/mol. The molecule has 1 aromatic rings. The van der Waals surface area contributed by atoms with Gasteiger partial charge in [0, 0.05) is 12.1 Å². The summed E-state index contributed by atoms with van der Waals surface area (Å²) >= 11 is 2.13. The molecule has 0 bridgehead atoms. The highest BCUT2D eigenvalue weighted by molar-refractivity contribution is 7.99. The predicted molar refractivity (Wildman–Crippen MR) is 74.7 cm³/mol. The van der Waals surface area contributed by atoms with Gasteiger partial charge in [-0.3, -0.25) is 4.90 Å². The minimum atomic E-state index is 0.686. The van der Waals surface area contributed by atoms with Gasteiger partial charge >= 0.3 is 0 Å². The van der Waals surface area contributed by atoms with Crippen molar-refractivity contribution in [3.8, 4) is 0 Å². The lowest BCUT2D eigenvalue weighted by Crippen LogP contribution is -2.41. The van der Waals surface area contributed by atoms with E-state index in [4.69, 9.17) is 4.52 Å². The van der Waals surface area contributed by atoms with Gasteiger partial charge in [0.15, 0.2) is 0 Å². The van der Waals surface area contributed by atoms with Gasteiger partial charge in [-0.2, -0.15) is 11.8 Å². The van der Waals surface area contributed by atoms with Crippen LogP contribution >= 0.6 is 11.8 Å². The average Bonchev–Trinajstić information content (AvgIpc) is 2.79. The number of hydrogen-bond acceptors (Lipinski definition) is 4. The molecular weight excluding hydrogens is 244 g/mol. The topological polar surface area (TPSA) is 29.3 Å². The molecule has 1 aromatic heterocycles. The maximum absolute atomic E-state index is 5.14. The molecule has 0 unspecified atom stereocenters. The number of piperidine rings is 1. The maximum Gasteiger partial charge on any atom is 0.138 e. The van der Waals surface area contributed by atoms with Gasteiger partial charge in [-0.1, -0.05) is 5.16 Å². The molecule has 2 saturated heterocycles. The molecule has 4 heteroatoms. The Morgan fingerprint density at radius 3 is 2.61 bits per heavy atom. The Balaban J connectivity index is 1.55. The maximum atomic E-state index is 5.14. The van der Waals surface area contributed by atoms with Crippen LogP contribution in [0, 0.1) is 12.3 Å². The van der Waals surface area contributed by atoms with Crippen molar-refractivity contribution in [2.45, 2.75) is 39.2 Å². The van der Waals surface area contributed by atoms with Crippen molar-refractivity contribution in [1.82, 2.24) is 10.1 Å². The van der Waals surface area contributed by atoms with Crippen molar-refractivity contribution in [3.05, 3.63) is 17.5 Å². The van der Waals surface area contributed by atoms with Gasteiger partial charge in [-0.15, -0.1) is 0 Å². The molecule has 0 amide bonds. The molecule has 3 heterocycles. The lowest BCUT2D eigenvalue weighted by molar-refractivity contribution is 0.0903. The summed E-state index contributed by atoms with van der Waals surface area (Å²) in [6, 6.07) is 0. The minimum Gasteiger partial charge on any atom is -0.361 e. The van der Waals surface area contributed by atoms with Crippen LogP contribution < -0.4 is 0 Å². The molecule has 0 radical (unpaired) electrons. The fraction of sp³-hybridized carbons (Fsp3) is 0.786. The van der Waals surface area contributed by atoms with E-state index >= 15 is 0 Å². The van der Waals surface area contributed by atoms with Gasteiger partial charge in [0.2, 0.25) is 0 Å². The molecule has 2 aliphatic rings. The van der Waals surface area contributed by atoms with Crippen LogP contribution in [0.2, 0.25) is 0 Å². The summed E-state index contributed by atoms with van der Waals surface area (Å²) in [6.45, 7) is 5.51. The van der Waals surface area contributed by atoms with Gasteiger partial charge in [-0.05, 0) is 62.6 Å². The van der Waals surface area contributed by atoms with Crippen LogP contribution in [0.15, 0.2) is 10.7 Å². The van der Waals surface area contributed by atoms with Crippen molar-refractivity contribution in [1.29, 1.82) is 0 Å². The number of aromatic nitrogens is 1. The SMILES string of the molecule is Cc1oncc1CN1CCC2(CCSCC2)CC1. The largest absolute Gasteiger partial charge is 0.361 e. The zero-order chi connectivity index (χ0) is 12.4. The Labute approximate surface area is 113 Å². The van der Waals surface area contributed by atoms with Crippen molar-refractivity contribution in [3.63, 3.8) is 0 Å². The molecule has 0 atom stereocenters. The van der Waals surface area contributed by atoms with E-state index in [-0.39, 0.29) is 0 Å². The molecule has 18 heavy (non-hydrogen) atoms. The number of thioether (sulfide) groups is 1. The first-order valence-corrected chi connectivity index (χ1v) is 8.13. The fourth-order valence-electron chi connectivity index (χ4n) is 3.20. The fourth-order valence-corrected chi connectivity index (χ4v) is 4.56. The van der Waals surface area contributed by atoms with E-state index in [0.29, 0.717) is 5.41 Å². The third-order valence-electron chi connectivity index (χ3n) is 4.71. The standard InChI is InChI=1S/C14H22N2OS/c1-12-13(10-15-17-12)11-16-6-2-14(3-7-16)4-8-18-9-5-14/h10H,2-9,11H2,1H3. The highest BCUT2D eigenvalue weighted by atomic mass is 32.2. The second kappa shape index (κ2) is 5.25. The van der Waals surface area contributed by atoms with Gasteiger partial charge < -0.3 is 4.52 Å². The molecule has 2 fully saturated rings. The van der Waals surface area contributed by atoms with Crippen molar-refractivity contribution in [2.75, 3.05) is 24.6 Å². The van der Waals surface area contributed by atoms with E-state index in [9.17, 15) is 0 Å². The number of aryl methyl sites for hydroxylation is 1. The lowest BCUT2D eigenvalue weighted by Gasteiger charge is -2.44. The smallest absolute Gasteiger partial charge is 0.138 e. The van der Waals surface area contributed by atoms with Crippen LogP contribution in [0.5, 0.6) is 0 Å². The Morgan fingerprint density at radius 2 is 2.00 bits per heavy atom. The number of rotatable bonds is 2. The molecule has 1 spiro atoms. The molecule has 100 valence electrons. The summed E-state index contributed by atoms with van der Waals surface area (Å²) in [5.74, 6) is 3.74. The highest BCUT2D eigenvalue weighted by Gasteiger charge is 2.35. The van der Waals surface area contributed by atoms with E-state index in [0.717, 1.165) is 12.3 Å². The van der Waals surface area contributed by atoms with Crippen LogP contribution in [-0.2, 0) is 6.54 Å². The number of likely N-dealkylation sites (tertiary alicyclic amines) is 1. The molecule has 0 N–H and O–H groups in total. The zero-order valence-corrected chi connectivity index (χ0v) is 12.0. The van der Waals surface area contributed by atoms with Gasteiger partial charge in [-0.25, -0.2) is 0 Å². The summed E-state index contributed by atoms with van der Waals surface area (Å²) in [5, 5.41) is 3.87. The Bertz CT molecular complexity index is 388. The summed E-state index contributed by atoms with van der Waals surface area (Å²) in [4.78, 5) is 2.56. The summed E-state index contributed by atoms with van der Waals surface area (Å²) in [5.41, 5.74) is 1.94. The highest BCUT2D eigenvalue weighted by Crippen LogP contribution is 2.43. The van der Waals surface area contributed by atoms with Crippen LogP contribution in [-0.4, -0.2) is 34.7 Å². The van der Waals surface area contributed by atoms with Gasteiger partial charge in [0.1, 0.15) is 5.76 Å². The second-order valence-corrected chi connectivity index (χ2v) is 7.02. The Hall–Kier alpha value is -0.480. The van der Waals surface area contributed by atoms with Gasteiger partial charge in [0.05, 0.1) is 6.20 Å². The number of hydrogen-bond donors (Lipinski definition) is 0. The first kappa shape index (κ1) is 12.5. The van der Waals surface area contributed by atoms with Crippen molar-refractivity contribution < 1.29 is 4.52 Å². The summed E-state index contributed by atoms with van der Waals surface area (Å²) < 4.78 is 5.14. The first-order valence-electron chi connectivity index (χ1n) is 6.98. The minimum absolute atomic E-state index is 0.686. The van der Waals surface area contributed by atoms with Crippen LogP contribution in [0.3, 0.4) is 0 Å². The third-order valence-corrected chi connectivity index (χ3v) is 5.70. The molecule has 3 nitrogen and oxygen atoms in total. The van der Waals surface area contributed by atoms with Crippen LogP contribution in [0.4, 0.5) is 0 Å².